The van der Waals surface area contributed by atoms with E-state index in [9.17, 15) is 4.79 Å². The van der Waals surface area contributed by atoms with Crippen LogP contribution in [0.4, 0.5) is 10.8 Å². The van der Waals surface area contributed by atoms with Crippen LogP contribution in [-0.2, 0) is 0 Å². The summed E-state index contributed by atoms with van der Waals surface area (Å²) in [4.78, 5) is 14.5. The predicted molar refractivity (Wildman–Crippen MR) is 63.5 cm³/mol. The number of hydrogen-bond acceptors (Lipinski definition) is 5. The first-order valence-electron chi connectivity index (χ1n) is 4.65. The predicted octanol–water partition coefficient (Wildman–Crippen LogP) is 2.46. The van der Waals surface area contributed by atoms with Gasteiger partial charge in [-0.3, -0.25) is 0 Å². The molecule has 0 aliphatic heterocycles. The van der Waals surface area contributed by atoms with Crippen LogP contribution in [0.5, 0.6) is 0 Å². The number of carboxylic acids is 1. The van der Waals surface area contributed by atoms with E-state index < -0.39 is 5.97 Å². The van der Waals surface area contributed by atoms with Gasteiger partial charge in [-0.1, -0.05) is 0 Å². The second kappa shape index (κ2) is 4.63. The fraction of sp³-hybridized carbons (Fsp3) is 0. The summed E-state index contributed by atoms with van der Waals surface area (Å²) in [5.74, 6) is -1.05. The third kappa shape index (κ3) is 2.59. The first-order chi connectivity index (χ1) is 8.19. The molecule has 0 atom stereocenters. The Kier molecular flexibility index (Phi) is 3.03. The van der Waals surface area contributed by atoms with Crippen molar-refractivity contribution in [2.75, 3.05) is 5.32 Å². The maximum absolute atomic E-state index is 10.6. The number of thiazole rings is 1. The third-order valence-corrected chi connectivity index (χ3v) is 2.75. The molecule has 84 valence electrons. The number of carbonyl (C=O) groups is 1. The summed E-state index contributed by atoms with van der Waals surface area (Å²) in [7, 11) is 0. The summed E-state index contributed by atoms with van der Waals surface area (Å²) in [6.07, 6.45) is 0. The molecule has 0 bridgehead atoms. The Labute approximate surface area is 101 Å². The number of nitrogens with one attached hydrogen (secondary N) is 1. The monoisotopic (exact) mass is 245 g/mol. The summed E-state index contributed by atoms with van der Waals surface area (Å²) in [5.41, 5.74) is 1.35. The van der Waals surface area contributed by atoms with Crippen molar-refractivity contribution in [2.24, 2.45) is 0 Å². The van der Waals surface area contributed by atoms with Crippen molar-refractivity contribution in [3.8, 4) is 6.07 Å². The van der Waals surface area contributed by atoms with Gasteiger partial charge in [0.15, 0.2) is 10.8 Å². The zero-order valence-electron chi connectivity index (χ0n) is 8.54. The number of benzene rings is 1. The molecule has 2 aromatic rings. The van der Waals surface area contributed by atoms with E-state index in [1.54, 1.807) is 24.3 Å². The quantitative estimate of drug-likeness (QED) is 0.867. The van der Waals surface area contributed by atoms with Crippen molar-refractivity contribution in [2.45, 2.75) is 0 Å². The van der Waals surface area contributed by atoms with Crippen LogP contribution in [0.3, 0.4) is 0 Å². The number of nitrogens with zero attached hydrogens (tertiary/aromatic N) is 2. The summed E-state index contributed by atoms with van der Waals surface area (Å²) in [5, 5.41) is 22.3. The van der Waals surface area contributed by atoms with Crippen molar-refractivity contribution in [3.05, 3.63) is 40.9 Å². The van der Waals surface area contributed by atoms with Crippen molar-refractivity contribution in [1.82, 2.24) is 4.98 Å². The lowest BCUT2D eigenvalue weighted by molar-refractivity contribution is 0.0691. The second-order valence-corrected chi connectivity index (χ2v) is 4.02. The number of hydrogen-bond donors (Lipinski definition) is 2. The van der Waals surface area contributed by atoms with Gasteiger partial charge < -0.3 is 10.4 Å². The van der Waals surface area contributed by atoms with E-state index in [0.717, 1.165) is 5.69 Å². The molecule has 2 N–H and O–H groups in total. The Morgan fingerprint density at radius 1 is 1.41 bits per heavy atom. The third-order valence-electron chi connectivity index (χ3n) is 1.99. The fourth-order valence-corrected chi connectivity index (χ4v) is 1.89. The van der Waals surface area contributed by atoms with Gasteiger partial charge in [-0.2, -0.15) is 5.26 Å². The number of aromatic carboxylic acids is 1. The van der Waals surface area contributed by atoms with Crippen LogP contribution in [0.2, 0.25) is 0 Å². The zero-order valence-corrected chi connectivity index (χ0v) is 9.36. The first kappa shape index (κ1) is 11.1. The van der Waals surface area contributed by atoms with Gasteiger partial charge in [-0.25, -0.2) is 9.78 Å². The van der Waals surface area contributed by atoms with Crippen LogP contribution in [0, 0.1) is 11.3 Å². The molecule has 1 heterocycles. The van der Waals surface area contributed by atoms with Crippen molar-refractivity contribution >= 4 is 28.1 Å². The maximum Gasteiger partial charge on any atom is 0.355 e. The highest BCUT2D eigenvalue weighted by Gasteiger charge is 2.08. The molecule has 0 spiro atoms. The van der Waals surface area contributed by atoms with Gasteiger partial charge in [-0.15, -0.1) is 11.3 Å². The Morgan fingerprint density at radius 3 is 2.65 bits per heavy atom. The van der Waals surface area contributed by atoms with E-state index >= 15 is 0 Å². The minimum Gasteiger partial charge on any atom is -0.476 e. The van der Waals surface area contributed by atoms with E-state index in [2.05, 4.69) is 10.3 Å². The van der Waals surface area contributed by atoms with Crippen LogP contribution in [0.1, 0.15) is 16.1 Å². The van der Waals surface area contributed by atoms with E-state index in [0.29, 0.717) is 10.7 Å². The molecule has 0 aliphatic rings. The molecule has 0 saturated carbocycles. The van der Waals surface area contributed by atoms with E-state index in [-0.39, 0.29) is 5.69 Å². The highest BCUT2D eigenvalue weighted by atomic mass is 32.1. The topological polar surface area (TPSA) is 86.0 Å². The van der Waals surface area contributed by atoms with Gasteiger partial charge in [0.25, 0.3) is 0 Å². The molecule has 0 unspecified atom stereocenters. The average molecular weight is 245 g/mol. The first-order valence-corrected chi connectivity index (χ1v) is 5.53. The summed E-state index contributed by atoms with van der Waals surface area (Å²) in [6.45, 7) is 0. The number of aromatic nitrogens is 1. The number of carboxylic acid groups (broad SMARTS) is 1. The maximum atomic E-state index is 10.6. The smallest absolute Gasteiger partial charge is 0.355 e. The van der Waals surface area contributed by atoms with E-state index in [4.69, 9.17) is 10.4 Å². The molecule has 1 aromatic carbocycles. The van der Waals surface area contributed by atoms with Gasteiger partial charge in [-0.05, 0) is 24.3 Å². The Balaban J connectivity index is 2.14. The van der Waals surface area contributed by atoms with E-state index in [1.165, 1.54) is 16.7 Å². The van der Waals surface area contributed by atoms with E-state index in [1.807, 2.05) is 6.07 Å². The average Bonchev–Trinajstić information content (AvgIpc) is 2.79. The Hall–Kier alpha value is -2.39. The van der Waals surface area contributed by atoms with Crippen molar-refractivity contribution in [1.29, 1.82) is 5.26 Å². The van der Waals surface area contributed by atoms with Crippen molar-refractivity contribution in [3.63, 3.8) is 0 Å². The lowest BCUT2D eigenvalue weighted by atomic mass is 10.2. The number of rotatable bonds is 3. The Bertz CT molecular complexity index is 584. The Morgan fingerprint density at radius 2 is 2.12 bits per heavy atom. The summed E-state index contributed by atoms with van der Waals surface area (Å²) in [6, 6.07) is 8.84. The van der Waals surface area contributed by atoms with Gasteiger partial charge in [0.1, 0.15) is 0 Å². The minimum atomic E-state index is -1.05. The zero-order chi connectivity index (χ0) is 12.3. The fourth-order valence-electron chi connectivity index (χ4n) is 1.18. The van der Waals surface area contributed by atoms with Crippen LogP contribution in [-0.4, -0.2) is 16.1 Å². The molecule has 0 aliphatic carbocycles. The highest BCUT2D eigenvalue weighted by molar-refractivity contribution is 7.14. The van der Waals surface area contributed by atoms with Crippen LogP contribution in [0.25, 0.3) is 0 Å². The molecule has 6 heteroatoms. The molecule has 2 rings (SSSR count). The molecule has 17 heavy (non-hydrogen) atoms. The molecule has 0 amide bonds. The van der Waals surface area contributed by atoms with Crippen LogP contribution < -0.4 is 5.32 Å². The molecule has 0 fully saturated rings. The van der Waals surface area contributed by atoms with Crippen LogP contribution >= 0.6 is 11.3 Å². The molecular weight excluding hydrogens is 238 g/mol. The second-order valence-electron chi connectivity index (χ2n) is 3.16. The largest absolute Gasteiger partial charge is 0.476 e. The molecule has 5 nitrogen and oxygen atoms in total. The summed E-state index contributed by atoms with van der Waals surface area (Å²) < 4.78 is 0. The normalized spacial score (nSPS) is 9.59. The lowest BCUT2D eigenvalue weighted by Crippen LogP contribution is -1.97. The lowest BCUT2D eigenvalue weighted by Gasteiger charge is -2.01. The highest BCUT2D eigenvalue weighted by Crippen LogP contribution is 2.21. The standard InChI is InChI=1S/C11H7N3O2S/c12-5-7-1-3-8(4-2-7)13-11-14-9(6-17-11)10(15)16/h1-4,6H,(H,13,14)(H,15,16). The molecule has 0 saturated heterocycles. The number of nitriles is 1. The van der Waals surface area contributed by atoms with Gasteiger partial charge in [0.2, 0.25) is 0 Å². The number of anilines is 2. The van der Waals surface area contributed by atoms with Crippen LogP contribution in [0.15, 0.2) is 29.6 Å². The minimum absolute atomic E-state index is 0.0196. The SMILES string of the molecule is N#Cc1ccc(Nc2nc(C(=O)O)cs2)cc1. The molecular formula is C11H7N3O2S. The van der Waals surface area contributed by atoms with Crippen molar-refractivity contribution < 1.29 is 9.90 Å². The van der Waals surface area contributed by atoms with Gasteiger partial charge in [0.05, 0.1) is 11.6 Å². The molecule has 0 radical (unpaired) electrons. The molecule has 1 aromatic heterocycles. The van der Waals surface area contributed by atoms with Gasteiger partial charge >= 0.3 is 5.97 Å². The van der Waals surface area contributed by atoms with Gasteiger partial charge in [0, 0.05) is 11.1 Å². The summed E-state index contributed by atoms with van der Waals surface area (Å²) >= 11 is 1.21.